The highest BCUT2D eigenvalue weighted by molar-refractivity contribution is 8.18. The van der Waals surface area contributed by atoms with Gasteiger partial charge in [-0.15, -0.1) is 0 Å². The molecule has 30 heavy (non-hydrogen) atoms. The van der Waals surface area contributed by atoms with Gasteiger partial charge in [0.05, 0.1) is 17.6 Å². The lowest BCUT2D eigenvalue weighted by Crippen LogP contribution is -2.45. The average Bonchev–Trinajstić information content (AvgIpc) is 3.02. The van der Waals surface area contributed by atoms with Crippen molar-refractivity contribution in [1.82, 2.24) is 10.2 Å². The second kappa shape index (κ2) is 10.6. The molecule has 0 radical (unpaired) electrons. The van der Waals surface area contributed by atoms with Crippen LogP contribution < -0.4 is 5.32 Å². The van der Waals surface area contributed by atoms with Gasteiger partial charge in [-0.2, -0.15) is 0 Å². The van der Waals surface area contributed by atoms with Gasteiger partial charge < -0.3 is 10.4 Å². The van der Waals surface area contributed by atoms with Gasteiger partial charge in [0.2, 0.25) is 5.91 Å². The predicted octanol–water partition coefficient (Wildman–Crippen LogP) is 3.00. The van der Waals surface area contributed by atoms with Gasteiger partial charge in [0.1, 0.15) is 6.54 Å². The maximum absolute atomic E-state index is 12.5. The molecule has 2 aromatic carbocycles. The zero-order valence-electron chi connectivity index (χ0n) is 16.2. The van der Waals surface area contributed by atoms with E-state index >= 15 is 0 Å². The van der Waals surface area contributed by atoms with E-state index in [1.807, 2.05) is 66.7 Å². The molecule has 3 amide bonds. The highest BCUT2D eigenvalue weighted by Crippen LogP contribution is 2.30. The van der Waals surface area contributed by atoms with E-state index in [1.54, 1.807) is 12.2 Å². The highest BCUT2D eigenvalue weighted by Gasteiger charge is 2.36. The molecule has 0 bridgehead atoms. The van der Waals surface area contributed by atoms with Crippen LogP contribution in [0.2, 0.25) is 0 Å². The first-order valence-electron chi connectivity index (χ1n) is 9.48. The third-order valence-corrected chi connectivity index (χ3v) is 5.35. The Hall–Kier alpha value is -3.16. The normalized spacial score (nSPS) is 16.4. The summed E-state index contributed by atoms with van der Waals surface area (Å²) in [6.45, 7) is -0.623. The zero-order chi connectivity index (χ0) is 21.3. The minimum absolute atomic E-state index is 0.243. The first kappa shape index (κ1) is 21.5. The lowest BCUT2D eigenvalue weighted by atomic mass is 10.1. The lowest BCUT2D eigenvalue weighted by Gasteiger charge is -2.18. The summed E-state index contributed by atoms with van der Waals surface area (Å²) in [6, 6.07) is 18.5. The number of benzene rings is 2. The molecule has 2 N–H and O–H groups in total. The van der Waals surface area contributed by atoms with E-state index in [9.17, 15) is 19.5 Å². The SMILES string of the molecule is O=C(CN1C(=O)SC(=CC=Cc2ccccc2)C1=O)NC(CO)Cc1ccccc1. The van der Waals surface area contributed by atoms with Gasteiger partial charge in [0.25, 0.3) is 11.1 Å². The summed E-state index contributed by atoms with van der Waals surface area (Å²) in [7, 11) is 0. The van der Waals surface area contributed by atoms with E-state index in [-0.39, 0.29) is 18.1 Å². The summed E-state index contributed by atoms with van der Waals surface area (Å²) in [5, 5.41) is 11.7. The molecule has 7 heteroatoms. The maximum Gasteiger partial charge on any atom is 0.294 e. The number of hydrogen-bond acceptors (Lipinski definition) is 5. The zero-order valence-corrected chi connectivity index (χ0v) is 17.0. The Bertz CT molecular complexity index is 958. The molecule has 1 fully saturated rings. The number of rotatable bonds is 8. The number of carbonyl (C=O) groups is 3. The van der Waals surface area contributed by atoms with E-state index in [4.69, 9.17) is 0 Å². The average molecular weight is 423 g/mol. The van der Waals surface area contributed by atoms with Crippen LogP contribution >= 0.6 is 11.8 Å². The minimum atomic E-state index is -0.499. The number of aliphatic hydroxyl groups is 1. The Kier molecular flexibility index (Phi) is 7.59. The van der Waals surface area contributed by atoms with Gasteiger partial charge in [-0.25, -0.2) is 0 Å². The van der Waals surface area contributed by atoms with Crippen molar-refractivity contribution in [3.05, 3.63) is 88.8 Å². The Morgan fingerprint density at radius 1 is 1.07 bits per heavy atom. The number of imide groups is 1. The van der Waals surface area contributed by atoms with E-state index < -0.39 is 23.1 Å². The van der Waals surface area contributed by atoms with Crippen molar-refractivity contribution in [1.29, 1.82) is 0 Å². The fourth-order valence-corrected chi connectivity index (χ4v) is 3.73. The molecule has 1 atom stereocenters. The number of nitrogens with zero attached hydrogens (tertiary/aromatic N) is 1. The van der Waals surface area contributed by atoms with Gasteiger partial charge >= 0.3 is 0 Å². The Morgan fingerprint density at radius 3 is 2.40 bits per heavy atom. The third kappa shape index (κ3) is 5.92. The Morgan fingerprint density at radius 2 is 1.73 bits per heavy atom. The molecule has 0 aromatic heterocycles. The van der Waals surface area contributed by atoms with Crippen molar-refractivity contribution in [2.24, 2.45) is 0 Å². The molecule has 2 aromatic rings. The molecular weight excluding hydrogens is 400 g/mol. The molecular formula is C23H22N2O4S. The van der Waals surface area contributed by atoms with Crippen molar-refractivity contribution in [3.8, 4) is 0 Å². The molecule has 6 nitrogen and oxygen atoms in total. The minimum Gasteiger partial charge on any atom is -0.394 e. The maximum atomic E-state index is 12.5. The number of amides is 3. The first-order valence-corrected chi connectivity index (χ1v) is 10.3. The van der Waals surface area contributed by atoms with E-state index in [1.165, 1.54) is 0 Å². The summed E-state index contributed by atoms with van der Waals surface area (Å²) in [4.78, 5) is 38.2. The molecule has 1 unspecified atom stereocenters. The predicted molar refractivity (Wildman–Crippen MR) is 117 cm³/mol. The molecule has 1 heterocycles. The summed E-state index contributed by atoms with van der Waals surface area (Å²) in [5.41, 5.74) is 1.94. The summed E-state index contributed by atoms with van der Waals surface area (Å²) < 4.78 is 0. The molecule has 0 saturated carbocycles. The summed E-state index contributed by atoms with van der Waals surface area (Å²) >= 11 is 0.804. The van der Waals surface area contributed by atoms with Crippen LogP contribution in [0.4, 0.5) is 4.79 Å². The van der Waals surface area contributed by atoms with Crippen LogP contribution in [0.25, 0.3) is 6.08 Å². The van der Waals surface area contributed by atoms with E-state index in [0.29, 0.717) is 6.42 Å². The van der Waals surface area contributed by atoms with Crippen molar-refractivity contribution >= 4 is 34.9 Å². The first-order chi connectivity index (χ1) is 14.6. The van der Waals surface area contributed by atoms with Crippen molar-refractivity contribution in [2.75, 3.05) is 13.2 Å². The molecule has 154 valence electrons. The van der Waals surface area contributed by atoms with Crippen LogP contribution in [0.1, 0.15) is 11.1 Å². The quantitative estimate of drug-likeness (QED) is 0.639. The van der Waals surface area contributed by atoms with Crippen molar-refractivity contribution in [3.63, 3.8) is 0 Å². The molecule has 0 aliphatic carbocycles. The Labute approximate surface area is 179 Å². The molecule has 1 aliphatic rings. The van der Waals surface area contributed by atoms with Crippen LogP contribution in [0, 0.1) is 0 Å². The molecule has 0 spiro atoms. The number of allylic oxidation sites excluding steroid dienone is 2. The smallest absolute Gasteiger partial charge is 0.294 e. The summed E-state index contributed by atoms with van der Waals surface area (Å²) in [6.07, 6.45) is 5.56. The number of aliphatic hydroxyl groups excluding tert-OH is 1. The van der Waals surface area contributed by atoms with Gasteiger partial charge in [-0.05, 0) is 35.4 Å². The van der Waals surface area contributed by atoms with Crippen LogP contribution in [0.15, 0.2) is 77.7 Å². The monoisotopic (exact) mass is 422 g/mol. The fraction of sp³-hybridized carbons (Fsp3) is 0.174. The third-order valence-electron chi connectivity index (χ3n) is 4.42. The summed E-state index contributed by atoms with van der Waals surface area (Å²) in [5.74, 6) is -0.991. The second-order valence-corrected chi connectivity index (χ2v) is 7.69. The van der Waals surface area contributed by atoms with Gasteiger partial charge in [-0.3, -0.25) is 19.3 Å². The number of nitrogens with one attached hydrogen (secondary N) is 1. The van der Waals surface area contributed by atoms with Crippen LogP contribution in [0.3, 0.4) is 0 Å². The standard InChI is InChI=1S/C23H22N2O4S/c26-16-19(14-18-10-5-2-6-11-18)24-21(27)15-25-22(28)20(30-23(25)29)13-7-12-17-8-3-1-4-9-17/h1-13,19,26H,14-16H2,(H,24,27). The molecule has 1 aliphatic heterocycles. The van der Waals surface area contributed by atoms with Crippen LogP contribution in [-0.4, -0.2) is 46.3 Å². The molecule has 1 saturated heterocycles. The fourth-order valence-electron chi connectivity index (χ4n) is 2.94. The number of hydrogen-bond donors (Lipinski definition) is 2. The van der Waals surface area contributed by atoms with Crippen LogP contribution in [0.5, 0.6) is 0 Å². The second-order valence-electron chi connectivity index (χ2n) is 6.70. The number of thioether (sulfide) groups is 1. The topological polar surface area (TPSA) is 86.7 Å². The number of carbonyl (C=O) groups excluding carboxylic acids is 3. The molecule has 3 rings (SSSR count). The van der Waals surface area contributed by atoms with Crippen LogP contribution in [-0.2, 0) is 16.0 Å². The van der Waals surface area contributed by atoms with Gasteiger partial charge in [0, 0.05) is 0 Å². The Balaban J connectivity index is 1.57. The van der Waals surface area contributed by atoms with E-state index in [0.717, 1.165) is 27.8 Å². The van der Waals surface area contributed by atoms with Crippen molar-refractivity contribution in [2.45, 2.75) is 12.5 Å². The lowest BCUT2D eigenvalue weighted by molar-refractivity contribution is -0.129. The van der Waals surface area contributed by atoms with E-state index in [2.05, 4.69) is 5.32 Å². The highest BCUT2D eigenvalue weighted by atomic mass is 32.2. The van der Waals surface area contributed by atoms with Crippen molar-refractivity contribution < 1.29 is 19.5 Å². The van der Waals surface area contributed by atoms with Gasteiger partial charge in [-0.1, -0.05) is 72.8 Å². The largest absolute Gasteiger partial charge is 0.394 e. The van der Waals surface area contributed by atoms with Gasteiger partial charge in [0.15, 0.2) is 0 Å².